The lowest BCUT2D eigenvalue weighted by atomic mass is 9.55. The Labute approximate surface area is 162 Å². The van der Waals surface area contributed by atoms with Gasteiger partial charge in [0.15, 0.2) is 0 Å². The first-order chi connectivity index (χ1) is 13.3. The number of hydrogen-bond donors (Lipinski definition) is 1. The molecule has 3 aliphatic rings. The highest BCUT2D eigenvalue weighted by Crippen LogP contribution is 2.55. The Morgan fingerprint density at radius 2 is 1.44 bits per heavy atom. The highest BCUT2D eigenvalue weighted by atomic mass is 14.9. The Morgan fingerprint density at radius 1 is 0.852 bits per heavy atom. The van der Waals surface area contributed by atoms with Gasteiger partial charge in [-0.2, -0.15) is 0 Å². The molecule has 6 rings (SSSR count). The predicted molar refractivity (Wildman–Crippen MR) is 112 cm³/mol. The fourth-order valence-electron chi connectivity index (χ4n) is 5.42. The van der Waals surface area contributed by atoms with E-state index in [4.69, 9.17) is 0 Å². The van der Waals surface area contributed by atoms with E-state index in [1.165, 1.54) is 18.4 Å². The second kappa shape index (κ2) is 6.65. The molecule has 0 aromatic heterocycles. The van der Waals surface area contributed by atoms with E-state index in [1.54, 1.807) is 22.3 Å². The van der Waals surface area contributed by atoms with Gasteiger partial charge >= 0.3 is 0 Å². The molecule has 1 heteroatoms. The van der Waals surface area contributed by atoms with E-state index in [0.717, 1.165) is 13.0 Å². The molecule has 0 fully saturated rings. The van der Waals surface area contributed by atoms with Gasteiger partial charge in [0, 0.05) is 23.9 Å². The first kappa shape index (κ1) is 16.8. The van der Waals surface area contributed by atoms with Crippen LogP contribution in [-0.2, 0) is 11.8 Å². The number of nitrogens with one attached hydrogen (secondary N) is 1. The van der Waals surface area contributed by atoms with E-state index >= 15 is 0 Å². The zero-order valence-corrected chi connectivity index (χ0v) is 16.0. The second-order valence-electron chi connectivity index (χ2n) is 8.32. The molecule has 0 heterocycles. The molecule has 1 atom stereocenters. The van der Waals surface area contributed by atoms with Crippen molar-refractivity contribution in [3.8, 4) is 0 Å². The van der Waals surface area contributed by atoms with Crippen LogP contribution in [-0.4, -0.2) is 12.6 Å². The van der Waals surface area contributed by atoms with E-state index in [1.807, 2.05) is 0 Å². The van der Waals surface area contributed by atoms with Crippen LogP contribution in [0.1, 0.15) is 53.5 Å². The predicted octanol–water partition coefficient (Wildman–Crippen LogP) is 5.43. The first-order valence-electron chi connectivity index (χ1n) is 10.2. The zero-order valence-electron chi connectivity index (χ0n) is 16.0. The van der Waals surface area contributed by atoms with Gasteiger partial charge in [-0.15, -0.1) is 0 Å². The summed E-state index contributed by atoms with van der Waals surface area (Å²) in [5, 5.41) is 3.90. The molecular weight excluding hydrogens is 326 g/mol. The highest BCUT2D eigenvalue weighted by molar-refractivity contribution is 5.59. The average Bonchev–Trinajstić information content (AvgIpc) is 2.74. The number of rotatable bonds is 5. The zero-order chi connectivity index (χ0) is 18.3. The van der Waals surface area contributed by atoms with Crippen molar-refractivity contribution in [3.63, 3.8) is 0 Å². The molecule has 0 saturated carbocycles. The minimum absolute atomic E-state index is 0.118. The third kappa shape index (κ3) is 2.73. The molecule has 3 aromatic carbocycles. The van der Waals surface area contributed by atoms with E-state index < -0.39 is 0 Å². The van der Waals surface area contributed by atoms with Crippen LogP contribution in [0.2, 0.25) is 0 Å². The van der Waals surface area contributed by atoms with Crippen molar-refractivity contribution in [2.24, 2.45) is 0 Å². The maximum atomic E-state index is 3.90. The Morgan fingerprint density at radius 3 is 2.11 bits per heavy atom. The molecule has 0 radical (unpaired) electrons. The third-order valence-corrected chi connectivity index (χ3v) is 6.70. The standard InChI is InChI=1S/C26H27N/c1-19(17-20-9-3-2-4-10-20)27-18-26-16-15-21(22-11-5-7-13-24(22)26)23-12-6-8-14-25(23)26/h2-14,19,21,27H,15-18H2,1H3. The van der Waals surface area contributed by atoms with Crippen molar-refractivity contribution in [2.75, 3.05) is 6.54 Å². The molecule has 0 aliphatic heterocycles. The molecule has 2 bridgehead atoms. The highest BCUT2D eigenvalue weighted by Gasteiger charge is 2.47. The van der Waals surface area contributed by atoms with E-state index in [2.05, 4.69) is 91.1 Å². The van der Waals surface area contributed by atoms with Crippen LogP contribution in [0.25, 0.3) is 0 Å². The van der Waals surface area contributed by atoms with Crippen LogP contribution in [0.3, 0.4) is 0 Å². The van der Waals surface area contributed by atoms with Gasteiger partial charge in [-0.1, -0.05) is 78.9 Å². The van der Waals surface area contributed by atoms with Crippen LogP contribution in [0.4, 0.5) is 0 Å². The lowest BCUT2D eigenvalue weighted by Gasteiger charge is -2.50. The van der Waals surface area contributed by atoms with Crippen molar-refractivity contribution in [1.82, 2.24) is 5.32 Å². The largest absolute Gasteiger partial charge is 0.313 e. The maximum Gasteiger partial charge on any atom is 0.0333 e. The van der Waals surface area contributed by atoms with E-state index in [-0.39, 0.29) is 5.41 Å². The van der Waals surface area contributed by atoms with Gasteiger partial charge in [0.25, 0.3) is 0 Å². The summed E-state index contributed by atoms with van der Waals surface area (Å²) in [6.07, 6.45) is 3.59. The van der Waals surface area contributed by atoms with Gasteiger partial charge < -0.3 is 5.32 Å². The van der Waals surface area contributed by atoms with Gasteiger partial charge in [0.2, 0.25) is 0 Å². The van der Waals surface area contributed by atoms with Crippen molar-refractivity contribution >= 4 is 0 Å². The van der Waals surface area contributed by atoms with Crippen molar-refractivity contribution in [2.45, 2.75) is 43.6 Å². The molecule has 0 amide bonds. The Hall–Kier alpha value is -2.38. The summed E-state index contributed by atoms with van der Waals surface area (Å²) in [5.41, 5.74) is 7.74. The summed E-state index contributed by atoms with van der Waals surface area (Å²) in [7, 11) is 0. The monoisotopic (exact) mass is 353 g/mol. The van der Waals surface area contributed by atoms with Gasteiger partial charge in [0.05, 0.1) is 0 Å². The van der Waals surface area contributed by atoms with Gasteiger partial charge in [-0.25, -0.2) is 0 Å². The summed E-state index contributed by atoms with van der Waals surface area (Å²) in [5.74, 6) is 0.584. The lowest BCUT2D eigenvalue weighted by molar-refractivity contribution is 0.339. The smallest absolute Gasteiger partial charge is 0.0333 e. The van der Waals surface area contributed by atoms with E-state index in [9.17, 15) is 0 Å². The summed E-state index contributed by atoms with van der Waals surface area (Å²) >= 11 is 0. The molecule has 27 heavy (non-hydrogen) atoms. The second-order valence-corrected chi connectivity index (χ2v) is 8.32. The topological polar surface area (TPSA) is 12.0 Å². The molecular formula is C26H27N. The Kier molecular flexibility index (Phi) is 4.13. The van der Waals surface area contributed by atoms with Crippen molar-refractivity contribution < 1.29 is 0 Å². The molecule has 1 unspecified atom stereocenters. The van der Waals surface area contributed by atoms with Crippen LogP contribution in [0, 0.1) is 0 Å². The minimum Gasteiger partial charge on any atom is -0.313 e. The fraction of sp³-hybridized carbons (Fsp3) is 0.308. The lowest BCUT2D eigenvalue weighted by Crippen LogP contribution is -2.49. The molecule has 3 aliphatic carbocycles. The molecule has 1 nitrogen and oxygen atoms in total. The molecule has 3 aromatic rings. The fourth-order valence-corrected chi connectivity index (χ4v) is 5.42. The van der Waals surface area contributed by atoms with Gasteiger partial charge in [-0.05, 0) is 54.0 Å². The quantitative estimate of drug-likeness (QED) is 0.645. The number of hydrogen-bond acceptors (Lipinski definition) is 1. The summed E-state index contributed by atoms with van der Waals surface area (Å²) in [6.45, 7) is 3.33. The van der Waals surface area contributed by atoms with Crippen LogP contribution in [0.15, 0.2) is 78.9 Å². The summed E-state index contributed by atoms with van der Waals surface area (Å²) in [4.78, 5) is 0. The molecule has 0 spiro atoms. The molecule has 136 valence electrons. The van der Waals surface area contributed by atoms with Crippen molar-refractivity contribution in [3.05, 3.63) is 107 Å². The van der Waals surface area contributed by atoms with E-state index in [0.29, 0.717) is 12.0 Å². The number of fused-ring (bicyclic) bond motifs is 1. The summed E-state index contributed by atoms with van der Waals surface area (Å²) < 4.78 is 0. The van der Waals surface area contributed by atoms with Crippen molar-refractivity contribution in [1.29, 1.82) is 0 Å². The van der Waals surface area contributed by atoms with Gasteiger partial charge in [-0.3, -0.25) is 0 Å². The molecule has 1 N–H and O–H groups in total. The third-order valence-electron chi connectivity index (χ3n) is 6.70. The normalized spacial score (nSPS) is 23.5. The minimum atomic E-state index is 0.118. The maximum absolute atomic E-state index is 3.90. The average molecular weight is 354 g/mol. The Balaban J connectivity index is 1.46. The number of benzene rings is 3. The SMILES string of the molecule is CC(Cc1ccccc1)NCC12CCC(c3ccccc31)c1ccccc12. The molecule has 0 saturated heterocycles. The van der Waals surface area contributed by atoms with Crippen LogP contribution in [0.5, 0.6) is 0 Å². The van der Waals surface area contributed by atoms with Crippen LogP contribution >= 0.6 is 0 Å². The first-order valence-corrected chi connectivity index (χ1v) is 10.2. The van der Waals surface area contributed by atoms with Crippen LogP contribution < -0.4 is 5.32 Å². The Bertz CT molecular complexity index is 896. The van der Waals surface area contributed by atoms with Gasteiger partial charge in [0.1, 0.15) is 0 Å². The summed E-state index contributed by atoms with van der Waals surface area (Å²) in [6, 6.07) is 29.6.